The molecule has 4 N–H and O–H groups in total. The summed E-state index contributed by atoms with van der Waals surface area (Å²) in [6, 6.07) is 6.81. The van der Waals surface area contributed by atoms with E-state index in [2.05, 4.69) is 10.6 Å². The lowest BCUT2D eigenvalue weighted by Crippen LogP contribution is -2.28. The predicted molar refractivity (Wildman–Crippen MR) is 81.0 cm³/mol. The second kappa shape index (κ2) is 7.08. The van der Waals surface area contributed by atoms with E-state index in [1.165, 1.54) is 0 Å². The second-order valence-electron chi connectivity index (χ2n) is 5.18. The summed E-state index contributed by atoms with van der Waals surface area (Å²) in [5.41, 5.74) is 7.21. The van der Waals surface area contributed by atoms with Crippen LogP contribution in [0.1, 0.15) is 26.2 Å². The number of ether oxygens (including phenoxy) is 1. The van der Waals surface area contributed by atoms with Crippen molar-refractivity contribution >= 4 is 23.4 Å². The van der Waals surface area contributed by atoms with Crippen molar-refractivity contribution in [2.75, 3.05) is 17.2 Å². The quantitative estimate of drug-likeness (QED) is 0.749. The molecule has 0 heterocycles. The van der Waals surface area contributed by atoms with Gasteiger partial charge in [0.05, 0.1) is 6.61 Å². The van der Waals surface area contributed by atoms with Crippen LogP contribution in [0, 0.1) is 5.92 Å². The highest BCUT2D eigenvalue weighted by Gasteiger charge is 2.29. The standard InChI is InChI=1S/C15H21N3O3/c1-2-21-15(20)18-12-7-5-11(6-8-12)17-14(19)9-13(16)10-3-4-10/h5-8,10,13H,2-4,9,16H2,1H3,(H,17,19)(H,18,20). The molecule has 0 spiro atoms. The summed E-state index contributed by atoms with van der Waals surface area (Å²) < 4.78 is 4.78. The molecule has 0 aliphatic heterocycles. The van der Waals surface area contributed by atoms with Gasteiger partial charge in [-0.25, -0.2) is 4.79 Å². The molecule has 1 unspecified atom stereocenters. The Morgan fingerprint density at radius 1 is 1.24 bits per heavy atom. The number of anilines is 2. The maximum Gasteiger partial charge on any atom is 0.411 e. The SMILES string of the molecule is CCOC(=O)Nc1ccc(NC(=O)CC(N)C2CC2)cc1. The Morgan fingerprint density at radius 2 is 1.81 bits per heavy atom. The summed E-state index contributed by atoms with van der Waals surface area (Å²) in [6.07, 6.45) is 2.10. The number of benzene rings is 1. The van der Waals surface area contributed by atoms with Gasteiger partial charge in [-0.05, 0) is 49.9 Å². The Kier molecular flexibility index (Phi) is 5.16. The first kappa shape index (κ1) is 15.3. The van der Waals surface area contributed by atoms with Crippen LogP contribution in [0.2, 0.25) is 0 Å². The van der Waals surface area contributed by atoms with E-state index in [1.807, 2.05) is 0 Å². The third kappa shape index (κ3) is 5.07. The Morgan fingerprint density at radius 3 is 2.33 bits per heavy atom. The van der Waals surface area contributed by atoms with Gasteiger partial charge in [-0.2, -0.15) is 0 Å². The average Bonchev–Trinajstić information content (AvgIpc) is 3.25. The Balaban J connectivity index is 1.81. The van der Waals surface area contributed by atoms with E-state index in [-0.39, 0.29) is 11.9 Å². The van der Waals surface area contributed by atoms with Crippen LogP contribution >= 0.6 is 0 Å². The molecule has 6 nitrogen and oxygen atoms in total. The van der Waals surface area contributed by atoms with Gasteiger partial charge in [0, 0.05) is 23.8 Å². The molecular weight excluding hydrogens is 270 g/mol. The molecule has 21 heavy (non-hydrogen) atoms. The van der Waals surface area contributed by atoms with Crippen LogP contribution in [0.25, 0.3) is 0 Å². The van der Waals surface area contributed by atoms with Crippen molar-refractivity contribution in [1.82, 2.24) is 0 Å². The van der Waals surface area contributed by atoms with Gasteiger partial charge in [0.15, 0.2) is 0 Å². The molecule has 0 bridgehead atoms. The summed E-state index contributed by atoms with van der Waals surface area (Å²) in [5, 5.41) is 5.38. The highest BCUT2D eigenvalue weighted by molar-refractivity contribution is 5.91. The highest BCUT2D eigenvalue weighted by Crippen LogP contribution is 2.32. The lowest BCUT2D eigenvalue weighted by Gasteiger charge is -2.11. The Hall–Kier alpha value is -2.08. The summed E-state index contributed by atoms with van der Waals surface area (Å²) in [6.45, 7) is 2.06. The third-order valence-electron chi connectivity index (χ3n) is 3.34. The van der Waals surface area contributed by atoms with E-state index >= 15 is 0 Å². The molecule has 1 aliphatic carbocycles. The van der Waals surface area contributed by atoms with Gasteiger partial charge < -0.3 is 15.8 Å². The van der Waals surface area contributed by atoms with E-state index in [9.17, 15) is 9.59 Å². The van der Waals surface area contributed by atoms with Gasteiger partial charge in [0.1, 0.15) is 0 Å². The molecular formula is C15H21N3O3. The molecule has 1 aliphatic rings. The van der Waals surface area contributed by atoms with Crippen LogP contribution in [-0.2, 0) is 9.53 Å². The van der Waals surface area contributed by atoms with Gasteiger partial charge >= 0.3 is 6.09 Å². The first-order valence-corrected chi connectivity index (χ1v) is 7.17. The molecule has 1 fully saturated rings. The summed E-state index contributed by atoms with van der Waals surface area (Å²) in [4.78, 5) is 23.1. The molecule has 1 saturated carbocycles. The summed E-state index contributed by atoms with van der Waals surface area (Å²) in [5.74, 6) is 0.424. The fourth-order valence-electron chi connectivity index (χ4n) is 2.04. The van der Waals surface area contributed by atoms with Crippen molar-refractivity contribution in [3.8, 4) is 0 Å². The number of rotatable bonds is 6. The maximum atomic E-state index is 11.8. The molecule has 0 saturated heterocycles. The van der Waals surface area contributed by atoms with Crippen LogP contribution < -0.4 is 16.4 Å². The maximum absolute atomic E-state index is 11.8. The monoisotopic (exact) mass is 291 g/mol. The van der Waals surface area contributed by atoms with Gasteiger partial charge in [-0.3, -0.25) is 10.1 Å². The number of carbonyl (C=O) groups excluding carboxylic acids is 2. The lowest BCUT2D eigenvalue weighted by molar-refractivity contribution is -0.116. The number of hydrogen-bond donors (Lipinski definition) is 3. The zero-order chi connectivity index (χ0) is 15.2. The van der Waals surface area contributed by atoms with Crippen molar-refractivity contribution in [2.45, 2.75) is 32.2 Å². The number of nitrogens with two attached hydrogens (primary N) is 1. The fourth-order valence-corrected chi connectivity index (χ4v) is 2.04. The Labute approximate surface area is 124 Å². The fraction of sp³-hybridized carbons (Fsp3) is 0.467. The van der Waals surface area contributed by atoms with Crippen LogP contribution in [0.15, 0.2) is 24.3 Å². The van der Waals surface area contributed by atoms with Crippen LogP contribution in [0.5, 0.6) is 0 Å². The molecule has 0 aromatic heterocycles. The summed E-state index contributed by atoms with van der Waals surface area (Å²) in [7, 11) is 0. The molecule has 1 atom stereocenters. The van der Waals surface area contributed by atoms with Crippen LogP contribution in [0.4, 0.5) is 16.2 Å². The highest BCUT2D eigenvalue weighted by atomic mass is 16.5. The van der Waals surface area contributed by atoms with Crippen LogP contribution in [-0.4, -0.2) is 24.6 Å². The Bertz CT molecular complexity index is 497. The molecule has 6 heteroatoms. The molecule has 114 valence electrons. The first-order chi connectivity index (χ1) is 10.1. The minimum absolute atomic E-state index is 0.0465. The van der Waals surface area contributed by atoms with E-state index in [0.29, 0.717) is 30.3 Å². The van der Waals surface area contributed by atoms with Gasteiger partial charge in [-0.15, -0.1) is 0 Å². The minimum atomic E-state index is -0.496. The summed E-state index contributed by atoms with van der Waals surface area (Å²) >= 11 is 0. The predicted octanol–water partition coefficient (Wildman–Crippen LogP) is 2.32. The van der Waals surface area contributed by atoms with Gasteiger partial charge in [0.2, 0.25) is 5.91 Å². The zero-order valence-corrected chi connectivity index (χ0v) is 12.1. The lowest BCUT2D eigenvalue weighted by atomic mass is 10.1. The first-order valence-electron chi connectivity index (χ1n) is 7.17. The number of carbonyl (C=O) groups is 2. The van der Waals surface area contributed by atoms with E-state index in [0.717, 1.165) is 12.8 Å². The number of amides is 2. The second-order valence-corrected chi connectivity index (χ2v) is 5.18. The zero-order valence-electron chi connectivity index (χ0n) is 12.1. The smallest absolute Gasteiger partial charge is 0.411 e. The van der Waals surface area contributed by atoms with Crippen molar-refractivity contribution in [3.05, 3.63) is 24.3 Å². The topological polar surface area (TPSA) is 93.5 Å². The molecule has 1 aromatic carbocycles. The minimum Gasteiger partial charge on any atom is -0.450 e. The van der Waals surface area contributed by atoms with Crippen molar-refractivity contribution < 1.29 is 14.3 Å². The van der Waals surface area contributed by atoms with Crippen LogP contribution in [0.3, 0.4) is 0 Å². The van der Waals surface area contributed by atoms with E-state index in [1.54, 1.807) is 31.2 Å². The molecule has 1 aromatic rings. The molecule has 2 rings (SSSR count). The third-order valence-corrected chi connectivity index (χ3v) is 3.34. The van der Waals surface area contributed by atoms with Gasteiger partial charge in [-0.1, -0.05) is 0 Å². The van der Waals surface area contributed by atoms with E-state index < -0.39 is 6.09 Å². The largest absolute Gasteiger partial charge is 0.450 e. The van der Waals surface area contributed by atoms with Gasteiger partial charge in [0.25, 0.3) is 0 Å². The molecule has 0 radical (unpaired) electrons. The van der Waals surface area contributed by atoms with Crippen molar-refractivity contribution in [2.24, 2.45) is 11.7 Å². The average molecular weight is 291 g/mol. The normalized spacial score (nSPS) is 15.1. The molecule has 2 amide bonds. The van der Waals surface area contributed by atoms with E-state index in [4.69, 9.17) is 10.5 Å². The number of hydrogen-bond acceptors (Lipinski definition) is 4. The number of nitrogens with one attached hydrogen (secondary N) is 2. The van der Waals surface area contributed by atoms with Crippen molar-refractivity contribution in [3.63, 3.8) is 0 Å². The van der Waals surface area contributed by atoms with Crippen molar-refractivity contribution in [1.29, 1.82) is 0 Å².